The van der Waals surface area contributed by atoms with Gasteiger partial charge in [0.15, 0.2) is 0 Å². The Labute approximate surface area is 101 Å². The van der Waals surface area contributed by atoms with Crippen LogP contribution in [0.4, 0.5) is 11.4 Å². The molecule has 0 saturated carbocycles. The molecular formula is C13H16N4. The van der Waals surface area contributed by atoms with Gasteiger partial charge < -0.3 is 10.6 Å². The Morgan fingerprint density at radius 3 is 3.18 bits per heavy atom. The first-order valence-electron chi connectivity index (χ1n) is 5.90. The lowest BCUT2D eigenvalue weighted by molar-refractivity contribution is 0.645. The Bertz CT molecular complexity index is 530. The van der Waals surface area contributed by atoms with Gasteiger partial charge in [0.05, 0.1) is 11.9 Å². The molecule has 0 saturated heterocycles. The van der Waals surface area contributed by atoms with E-state index in [2.05, 4.69) is 33.9 Å². The van der Waals surface area contributed by atoms with Crippen molar-refractivity contribution in [2.75, 3.05) is 11.9 Å². The van der Waals surface area contributed by atoms with Crippen LogP contribution in [0.3, 0.4) is 0 Å². The molecule has 2 heterocycles. The first kappa shape index (κ1) is 10.4. The first-order chi connectivity index (χ1) is 8.33. The summed E-state index contributed by atoms with van der Waals surface area (Å²) in [5.74, 6) is 0. The van der Waals surface area contributed by atoms with Crippen LogP contribution < -0.4 is 10.6 Å². The largest absolute Gasteiger partial charge is 0.353 e. The van der Waals surface area contributed by atoms with Crippen molar-refractivity contribution in [2.24, 2.45) is 7.05 Å². The molecule has 0 fully saturated rings. The molecule has 1 aliphatic rings. The SMILES string of the molecule is Cn1cc(Nc2cccc3c2CNCC3)cn1. The molecule has 1 aromatic carbocycles. The molecule has 1 aromatic heterocycles. The smallest absolute Gasteiger partial charge is 0.0770 e. The van der Waals surface area contributed by atoms with E-state index in [9.17, 15) is 0 Å². The van der Waals surface area contributed by atoms with Gasteiger partial charge in [-0.15, -0.1) is 0 Å². The number of benzene rings is 1. The van der Waals surface area contributed by atoms with E-state index in [-0.39, 0.29) is 0 Å². The molecule has 1 aliphatic heterocycles. The van der Waals surface area contributed by atoms with E-state index in [4.69, 9.17) is 0 Å². The minimum absolute atomic E-state index is 0.943. The van der Waals surface area contributed by atoms with Crippen molar-refractivity contribution in [3.63, 3.8) is 0 Å². The molecule has 4 nitrogen and oxygen atoms in total. The van der Waals surface area contributed by atoms with Gasteiger partial charge in [-0.05, 0) is 30.2 Å². The van der Waals surface area contributed by atoms with Gasteiger partial charge >= 0.3 is 0 Å². The number of anilines is 2. The second kappa shape index (κ2) is 4.22. The predicted molar refractivity (Wildman–Crippen MR) is 68.3 cm³/mol. The van der Waals surface area contributed by atoms with E-state index in [1.807, 2.05) is 19.4 Å². The van der Waals surface area contributed by atoms with Crippen molar-refractivity contribution in [3.05, 3.63) is 41.7 Å². The zero-order chi connectivity index (χ0) is 11.7. The van der Waals surface area contributed by atoms with Gasteiger partial charge in [-0.1, -0.05) is 12.1 Å². The van der Waals surface area contributed by atoms with Crippen molar-refractivity contribution >= 4 is 11.4 Å². The third-order valence-electron chi connectivity index (χ3n) is 3.13. The predicted octanol–water partition coefficient (Wildman–Crippen LogP) is 1.81. The van der Waals surface area contributed by atoms with Gasteiger partial charge in [0.25, 0.3) is 0 Å². The number of nitrogens with one attached hydrogen (secondary N) is 2. The van der Waals surface area contributed by atoms with Gasteiger partial charge in [0.2, 0.25) is 0 Å². The topological polar surface area (TPSA) is 41.9 Å². The van der Waals surface area contributed by atoms with Crippen molar-refractivity contribution in [3.8, 4) is 0 Å². The molecule has 17 heavy (non-hydrogen) atoms. The molecule has 2 aromatic rings. The van der Waals surface area contributed by atoms with Crippen LogP contribution in [0.25, 0.3) is 0 Å². The lowest BCUT2D eigenvalue weighted by Gasteiger charge is -2.20. The molecule has 3 rings (SSSR count). The summed E-state index contributed by atoms with van der Waals surface area (Å²) in [6.45, 7) is 2.02. The van der Waals surface area contributed by atoms with Crippen LogP contribution in [-0.4, -0.2) is 16.3 Å². The third-order valence-corrected chi connectivity index (χ3v) is 3.13. The van der Waals surface area contributed by atoms with Crippen LogP contribution in [-0.2, 0) is 20.0 Å². The number of nitrogens with zero attached hydrogens (tertiary/aromatic N) is 2. The lowest BCUT2D eigenvalue weighted by Crippen LogP contribution is -2.24. The molecule has 4 heteroatoms. The first-order valence-corrected chi connectivity index (χ1v) is 5.90. The normalized spacial score (nSPS) is 14.4. The Kier molecular flexibility index (Phi) is 2.57. The van der Waals surface area contributed by atoms with E-state index in [0.717, 1.165) is 25.2 Å². The number of hydrogen-bond donors (Lipinski definition) is 2. The summed E-state index contributed by atoms with van der Waals surface area (Å²) in [6, 6.07) is 6.45. The Morgan fingerprint density at radius 1 is 1.41 bits per heavy atom. The van der Waals surface area contributed by atoms with Crippen LogP contribution in [0.15, 0.2) is 30.6 Å². The van der Waals surface area contributed by atoms with Crippen molar-refractivity contribution in [1.82, 2.24) is 15.1 Å². The monoisotopic (exact) mass is 228 g/mol. The van der Waals surface area contributed by atoms with Crippen LogP contribution >= 0.6 is 0 Å². The maximum Gasteiger partial charge on any atom is 0.0770 e. The molecule has 0 radical (unpaired) electrons. The Balaban J connectivity index is 1.92. The second-order valence-electron chi connectivity index (χ2n) is 4.40. The van der Waals surface area contributed by atoms with Crippen molar-refractivity contribution in [1.29, 1.82) is 0 Å². The van der Waals surface area contributed by atoms with Crippen LogP contribution in [0.2, 0.25) is 0 Å². The standard InChI is InChI=1S/C13H16N4/c1-17-9-11(7-15-17)16-13-4-2-3-10-5-6-14-8-12(10)13/h2-4,7,9,14,16H,5-6,8H2,1H3. The van der Waals surface area contributed by atoms with Crippen LogP contribution in [0.1, 0.15) is 11.1 Å². The molecule has 0 bridgehead atoms. The zero-order valence-electron chi connectivity index (χ0n) is 9.90. The minimum atomic E-state index is 0.943. The second-order valence-corrected chi connectivity index (χ2v) is 4.40. The summed E-state index contributed by atoms with van der Waals surface area (Å²) in [6.07, 6.45) is 4.93. The number of aryl methyl sites for hydroxylation is 1. The fourth-order valence-corrected chi connectivity index (χ4v) is 2.27. The summed E-state index contributed by atoms with van der Waals surface area (Å²) < 4.78 is 1.80. The van der Waals surface area contributed by atoms with Crippen molar-refractivity contribution in [2.45, 2.75) is 13.0 Å². The summed E-state index contributed by atoms with van der Waals surface area (Å²) >= 11 is 0. The van der Waals surface area contributed by atoms with Gasteiger partial charge in [0.1, 0.15) is 0 Å². The molecule has 0 aliphatic carbocycles. The molecule has 2 N–H and O–H groups in total. The molecule has 0 unspecified atom stereocenters. The number of hydrogen-bond acceptors (Lipinski definition) is 3. The maximum absolute atomic E-state index is 4.16. The highest BCUT2D eigenvalue weighted by molar-refractivity contribution is 5.64. The van der Waals surface area contributed by atoms with E-state index in [1.165, 1.54) is 16.8 Å². The molecular weight excluding hydrogens is 212 g/mol. The highest BCUT2D eigenvalue weighted by Gasteiger charge is 2.12. The summed E-state index contributed by atoms with van der Waals surface area (Å²) in [7, 11) is 1.92. The van der Waals surface area contributed by atoms with E-state index >= 15 is 0 Å². The van der Waals surface area contributed by atoms with E-state index in [1.54, 1.807) is 4.68 Å². The highest BCUT2D eigenvalue weighted by atomic mass is 15.3. The number of rotatable bonds is 2. The minimum Gasteiger partial charge on any atom is -0.353 e. The molecule has 0 amide bonds. The fourth-order valence-electron chi connectivity index (χ4n) is 2.27. The number of aromatic nitrogens is 2. The van der Waals surface area contributed by atoms with Gasteiger partial charge in [0, 0.05) is 25.5 Å². The van der Waals surface area contributed by atoms with E-state index < -0.39 is 0 Å². The Hall–Kier alpha value is -1.81. The average molecular weight is 228 g/mol. The number of fused-ring (bicyclic) bond motifs is 1. The lowest BCUT2D eigenvalue weighted by atomic mass is 9.99. The summed E-state index contributed by atoms with van der Waals surface area (Å²) in [5.41, 5.74) is 5.04. The van der Waals surface area contributed by atoms with E-state index in [0.29, 0.717) is 0 Å². The van der Waals surface area contributed by atoms with Crippen LogP contribution in [0.5, 0.6) is 0 Å². The average Bonchev–Trinajstić information content (AvgIpc) is 2.75. The quantitative estimate of drug-likeness (QED) is 0.823. The van der Waals surface area contributed by atoms with Crippen LogP contribution in [0, 0.1) is 0 Å². The Morgan fingerprint density at radius 2 is 2.35 bits per heavy atom. The summed E-state index contributed by atoms with van der Waals surface area (Å²) in [4.78, 5) is 0. The van der Waals surface area contributed by atoms with Gasteiger partial charge in [-0.2, -0.15) is 5.10 Å². The fraction of sp³-hybridized carbons (Fsp3) is 0.308. The molecule has 0 atom stereocenters. The maximum atomic E-state index is 4.16. The van der Waals surface area contributed by atoms with Crippen molar-refractivity contribution < 1.29 is 0 Å². The molecule has 0 spiro atoms. The molecule has 88 valence electrons. The van der Waals surface area contributed by atoms with Gasteiger partial charge in [-0.3, -0.25) is 4.68 Å². The highest BCUT2D eigenvalue weighted by Crippen LogP contribution is 2.25. The zero-order valence-corrected chi connectivity index (χ0v) is 9.90. The van der Waals surface area contributed by atoms with Gasteiger partial charge in [-0.25, -0.2) is 0 Å². The summed E-state index contributed by atoms with van der Waals surface area (Å²) in [5, 5.41) is 11.0. The third kappa shape index (κ3) is 2.03.